The third-order valence-electron chi connectivity index (χ3n) is 5.87. The standard InChI is InChI=1S/C21H29N3O4/c1-5-20-22-17-11-15(24(26)27)7-9-18(17)23(20)12-21(25)28-19-10-14(4)6-8-16(19)13(2)3/h7,9,11,13-14,16,19H,5-6,8,10,12H2,1-4H3/t14-,16+,19?/m1/s1. The minimum atomic E-state index is -0.436. The van der Waals surface area contributed by atoms with E-state index >= 15 is 0 Å². The lowest BCUT2D eigenvalue weighted by molar-refractivity contribution is -0.384. The molecule has 3 atom stereocenters. The molecule has 0 amide bonds. The van der Waals surface area contributed by atoms with Gasteiger partial charge < -0.3 is 9.30 Å². The fourth-order valence-electron chi connectivity index (χ4n) is 4.31. The highest BCUT2D eigenvalue weighted by atomic mass is 16.6. The molecule has 0 saturated heterocycles. The second kappa shape index (κ2) is 8.29. The maximum absolute atomic E-state index is 12.8. The van der Waals surface area contributed by atoms with Gasteiger partial charge in [-0.15, -0.1) is 0 Å². The molecule has 0 aliphatic heterocycles. The Balaban J connectivity index is 1.81. The summed E-state index contributed by atoms with van der Waals surface area (Å²) >= 11 is 0. The van der Waals surface area contributed by atoms with Gasteiger partial charge >= 0.3 is 5.97 Å². The second-order valence-corrected chi connectivity index (χ2v) is 8.25. The third kappa shape index (κ3) is 4.18. The number of ether oxygens (including phenoxy) is 1. The Hall–Kier alpha value is -2.44. The van der Waals surface area contributed by atoms with E-state index in [9.17, 15) is 14.9 Å². The predicted molar refractivity (Wildman–Crippen MR) is 107 cm³/mol. The van der Waals surface area contributed by atoms with Crippen LogP contribution in [0, 0.1) is 27.9 Å². The summed E-state index contributed by atoms with van der Waals surface area (Å²) < 4.78 is 7.74. The first-order chi connectivity index (χ1) is 13.3. The molecule has 2 aromatic rings. The van der Waals surface area contributed by atoms with Crippen LogP contribution in [0.5, 0.6) is 0 Å². The topological polar surface area (TPSA) is 87.3 Å². The number of esters is 1. The lowest BCUT2D eigenvalue weighted by atomic mass is 9.75. The fourth-order valence-corrected chi connectivity index (χ4v) is 4.31. The zero-order chi connectivity index (χ0) is 20.4. The molecule has 3 rings (SSSR count). The van der Waals surface area contributed by atoms with Gasteiger partial charge in [0.05, 0.1) is 16.0 Å². The van der Waals surface area contributed by atoms with E-state index in [1.54, 1.807) is 6.07 Å². The van der Waals surface area contributed by atoms with E-state index in [1.807, 2.05) is 11.5 Å². The van der Waals surface area contributed by atoms with Crippen molar-refractivity contribution in [2.75, 3.05) is 0 Å². The minimum Gasteiger partial charge on any atom is -0.461 e. The number of aromatic nitrogens is 2. The number of benzene rings is 1. The van der Waals surface area contributed by atoms with Gasteiger partial charge in [0, 0.05) is 18.6 Å². The number of imidazole rings is 1. The van der Waals surface area contributed by atoms with Crippen molar-refractivity contribution < 1.29 is 14.5 Å². The molecule has 28 heavy (non-hydrogen) atoms. The smallest absolute Gasteiger partial charge is 0.326 e. The number of non-ortho nitro benzene ring substituents is 1. The SMILES string of the molecule is CCc1nc2cc([N+](=O)[O-])ccc2n1CC(=O)OC1C[C@H](C)CC[C@H]1C(C)C. The summed E-state index contributed by atoms with van der Waals surface area (Å²) in [5, 5.41) is 11.0. The number of fused-ring (bicyclic) bond motifs is 1. The normalized spacial score (nSPS) is 22.5. The number of rotatable bonds is 6. The maximum atomic E-state index is 12.8. The Labute approximate surface area is 165 Å². The van der Waals surface area contributed by atoms with Crippen molar-refractivity contribution in [3.63, 3.8) is 0 Å². The first-order valence-corrected chi connectivity index (χ1v) is 10.1. The van der Waals surface area contributed by atoms with Crippen molar-refractivity contribution in [2.24, 2.45) is 17.8 Å². The summed E-state index contributed by atoms with van der Waals surface area (Å²) in [6, 6.07) is 4.56. The van der Waals surface area contributed by atoms with Crippen LogP contribution in [0.1, 0.15) is 52.8 Å². The quantitative estimate of drug-likeness (QED) is 0.413. The van der Waals surface area contributed by atoms with E-state index in [-0.39, 0.29) is 24.3 Å². The summed E-state index contributed by atoms with van der Waals surface area (Å²) in [6.07, 6.45) is 3.77. The molecule has 1 aliphatic carbocycles. The Morgan fingerprint density at radius 1 is 1.39 bits per heavy atom. The average Bonchev–Trinajstić information content (AvgIpc) is 2.98. The van der Waals surface area contributed by atoms with E-state index in [4.69, 9.17) is 4.74 Å². The number of hydrogen-bond acceptors (Lipinski definition) is 5. The zero-order valence-corrected chi connectivity index (χ0v) is 17.1. The number of nitro benzene ring substituents is 1. The molecular formula is C21H29N3O4. The van der Waals surface area contributed by atoms with Crippen molar-refractivity contribution in [1.82, 2.24) is 9.55 Å². The minimum absolute atomic E-state index is 0.00153. The first-order valence-electron chi connectivity index (χ1n) is 10.1. The largest absolute Gasteiger partial charge is 0.461 e. The Kier molecular flexibility index (Phi) is 6.01. The highest BCUT2D eigenvalue weighted by molar-refractivity contribution is 5.81. The van der Waals surface area contributed by atoms with E-state index < -0.39 is 4.92 Å². The van der Waals surface area contributed by atoms with Crippen molar-refractivity contribution in [2.45, 2.75) is 66.0 Å². The van der Waals surface area contributed by atoms with E-state index in [1.165, 1.54) is 18.6 Å². The van der Waals surface area contributed by atoms with Gasteiger partial charge in [-0.3, -0.25) is 14.9 Å². The van der Waals surface area contributed by atoms with Crippen LogP contribution in [0.15, 0.2) is 18.2 Å². The summed E-state index contributed by atoms with van der Waals surface area (Å²) in [5.74, 6) is 1.90. The van der Waals surface area contributed by atoms with E-state index in [2.05, 4.69) is 25.8 Å². The predicted octanol–water partition coefficient (Wildman–Crippen LogP) is 4.51. The molecule has 0 spiro atoms. The third-order valence-corrected chi connectivity index (χ3v) is 5.87. The molecule has 1 aromatic carbocycles. The summed E-state index contributed by atoms with van der Waals surface area (Å²) in [7, 11) is 0. The molecule has 1 aromatic heterocycles. The van der Waals surface area contributed by atoms with Gasteiger partial charge in [0.25, 0.3) is 5.69 Å². The van der Waals surface area contributed by atoms with Crippen LogP contribution in [0.4, 0.5) is 5.69 Å². The van der Waals surface area contributed by atoms with Crippen molar-refractivity contribution in [1.29, 1.82) is 0 Å². The first kappa shape index (κ1) is 20.3. The summed E-state index contributed by atoms with van der Waals surface area (Å²) in [5.41, 5.74) is 1.25. The van der Waals surface area contributed by atoms with Crippen LogP contribution in [-0.4, -0.2) is 26.5 Å². The highest BCUT2D eigenvalue weighted by Crippen LogP contribution is 2.35. The van der Waals surface area contributed by atoms with Gasteiger partial charge in [-0.2, -0.15) is 0 Å². The lowest BCUT2D eigenvalue weighted by Crippen LogP contribution is -2.36. The molecule has 1 aliphatic rings. The number of carbonyl (C=O) groups excluding carboxylic acids is 1. The van der Waals surface area contributed by atoms with Gasteiger partial charge in [-0.25, -0.2) is 4.98 Å². The van der Waals surface area contributed by atoms with Crippen LogP contribution in [0.25, 0.3) is 11.0 Å². The van der Waals surface area contributed by atoms with Gasteiger partial charge in [0.2, 0.25) is 0 Å². The fraction of sp³-hybridized carbons (Fsp3) is 0.619. The van der Waals surface area contributed by atoms with E-state index in [0.717, 1.165) is 24.2 Å². The van der Waals surface area contributed by atoms with E-state index in [0.29, 0.717) is 29.7 Å². The monoisotopic (exact) mass is 387 g/mol. The Bertz CT molecular complexity index is 874. The zero-order valence-electron chi connectivity index (χ0n) is 17.1. The Morgan fingerprint density at radius 2 is 2.14 bits per heavy atom. The van der Waals surface area contributed by atoms with Gasteiger partial charge in [-0.05, 0) is 36.7 Å². The van der Waals surface area contributed by atoms with Crippen LogP contribution in [0.3, 0.4) is 0 Å². The summed E-state index contributed by atoms with van der Waals surface area (Å²) in [6.45, 7) is 8.62. The number of nitro groups is 1. The van der Waals surface area contributed by atoms with Crippen molar-refractivity contribution >= 4 is 22.7 Å². The van der Waals surface area contributed by atoms with Gasteiger partial charge in [0.1, 0.15) is 18.5 Å². The molecule has 1 fully saturated rings. The maximum Gasteiger partial charge on any atom is 0.326 e. The molecular weight excluding hydrogens is 358 g/mol. The molecule has 0 N–H and O–H groups in total. The Morgan fingerprint density at radius 3 is 2.79 bits per heavy atom. The molecule has 7 nitrogen and oxygen atoms in total. The van der Waals surface area contributed by atoms with Crippen LogP contribution < -0.4 is 0 Å². The second-order valence-electron chi connectivity index (χ2n) is 8.25. The molecule has 152 valence electrons. The average molecular weight is 387 g/mol. The number of aryl methyl sites for hydroxylation is 1. The molecule has 1 heterocycles. The van der Waals surface area contributed by atoms with Crippen molar-refractivity contribution in [3.05, 3.63) is 34.1 Å². The van der Waals surface area contributed by atoms with Gasteiger partial charge in [0.15, 0.2) is 0 Å². The number of hydrogen-bond donors (Lipinski definition) is 0. The number of carbonyl (C=O) groups is 1. The molecule has 1 saturated carbocycles. The molecule has 7 heteroatoms. The summed E-state index contributed by atoms with van der Waals surface area (Å²) in [4.78, 5) is 27.8. The number of nitrogens with zero attached hydrogens (tertiary/aromatic N) is 3. The van der Waals surface area contributed by atoms with Crippen LogP contribution in [0.2, 0.25) is 0 Å². The van der Waals surface area contributed by atoms with Crippen LogP contribution in [-0.2, 0) is 22.5 Å². The van der Waals surface area contributed by atoms with Crippen LogP contribution >= 0.6 is 0 Å². The molecule has 0 bridgehead atoms. The van der Waals surface area contributed by atoms with Crippen molar-refractivity contribution in [3.8, 4) is 0 Å². The highest BCUT2D eigenvalue weighted by Gasteiger charge is 2.33. The van der Waals surface area contributed by atoms with Gasteiger partial charge in [-0.1, -0.05) is 34.1 Å². The lowest BCUT2D eigenvalue weighted by Gasteiger charge is -2.36. The molecule has 0 radical (unpaired) electrons. The molecule has 1 unspecified atom stereocenters.